The Labute approximate surface area is 92.3 Å². The molecule has 0 amide bonds. The molecule has 0 saturated heterocycles. The molecule has 4 nitrogen and oxygen atoms in total. The number of nitrogens with zero attached hydrogens (tertiary/aromatic N) is 2. The lowest BCUT2D eigenvalue weighted by Crippen LogP contribution is -1.95. The lowest BCUT2D eigenvalue weighted by Gasteiger charge is -2.04. The molecule has 0 saturated carbocycles. The van der Waals surface area contributed by atoms with E-state index in [2.05, 4.69) is 0 Å². The van der Waals surface area contributed by atoms with E-state index in [-0.39, 0.29) is 0 Å². The van der Waals surface area contributed by atoms with Crippen molar-refractivity contribution in [2.24, 2.45) is 0 Å². The predicted molar refractivity (Wildman–Crippen MR) is 62.2 cm³/mol. The van der Waals surface area contributed by atoms with Crippen LogP contribution in [0.5, 0.6) is 0 Å². The zero-order chi connectivity index (χ0) is 11.7. The molecular weight excluding hydrogens is 200 g/mol. The van der Waals surface area contributed by atoms with E-state index >= 15 is 0 Å². The summed E-state index contributed by atoms with van der Waals surface area (Å²) in [4.78, 5) is 0. The van der Waals surface area contributed by atoms with E-state index in [1.54, 1.807) is 24.3 Å². The van der Waals surface area contributed by atoms with Crippen LogP contribution in [0, 0.1) is 22.7 Å². The number of fused-ring (bicyclic) bond motifs is 1. The molecule has 0 spiro atoms. The van der Waals surface area contributed by atoms with Gasteiger partial charge in [-0.25, -0.2) is 0 Å². The number of hydrogen-bond acceptors (Lipinski definition) is 4. The molecule has 0 heterocycles. The van der Waals surface area contributed by atoms with Crippen LogP contribution in [-0.2, 0) is 0 Å². The van der Waals surface area contributed by atoms with Crippen molar-refractivity contribution in [1.82, 2.24) is 0 Å². The van der Waals surface area contributed by atoms with Crippen molar-refractivity contribution in [3.05, 3.63) is 35.4 Å². The highest BCUT2D eigenvalue weighted by molar-refractivity contribution is 5.92. The lowest BCUT2D eigenvalue weighted by atomic mass is 10.0. The van der Waals surface area contributed by atoms with Crippen molar-refractivity contribution >= 4 is 22.1 Å². The molecule has 0 unspecified atom stereocenters. The van der Waals surface area contributed by atoms with Crippen LogP contribution in [0.1, 0.15) is 11.1 Å². The molecule has 2 aromatic carbocycles. The Morgan fingerprint density at radius 1 is 0.750 bits per heavy atom. The Balaban J connectivity index is 2.86. The number of nitrogens with two attached hydrogens (primary N) is 2. The van der Waals surface area contributed by atoms with Crippen LogP contribution in [0.4, 0.5) is 11.4 Å². The summed E-state index contributed by atoms with van der Waals surface area (Å²) in [6.07, 6.45) is 0. The largest absolute Gasteiger partial charge is 0.397 e. The Bertz CT molecular complexity index is 601. The van der Waals surface area contributed by atoms with Gasteiger partial charge in [-0.1, -0.05) is 0 Å². The number of benzene rings is 2. The molecule has 0 aromatic heterocycles. The van der Waals surface area contributed by atoms with Gasteiger partial charge < -0.3 is 11.5 Å². The quantitative estimate of drug-likeness (QED) is 0.644. The molecule has 0 atom stereocenters. The monoisotopic (exact) mass is 208 g/mol. The van der Waals surface area contributed by atoms with Crippen LogP contribution in [0.3, 0.4) is 0 Å². The van der Waals surface area contributed by atoms with E-state index in [9.17, 15) is 0 Å². The van der Waals surface area contributed by atoms with Gasteiger partial charge in [-0.15, -0.1) is 0 Å². The van der Waals surface area contributed by atoms with Gasteiger partial charge in [-0.2, -0.15) is 10.5 Å². The van der Waals surface area contributed by atoms with Crippen LogP contribution in [0.25, 0.3) is 10.8 Å². The second kappa shape index (κ2) is 3.45. The van der Waals surface area contributed by atoms with Crippen LogP contribution in [0.15, 0.2) is 24.3 Å². The van der Waals surface area contributed by atoms with Crippen LogP contribution >= 0.6 is 0 Å². The number of nitrogen functional groups attached to an aromatic ring is 2. The Kier molecular flexibility index (Phi) is 2.12. The van der Waals surface area contributed by atoms with E-state index in [1.165, 1.54) is 0 Å². The third kappa shape index (κ3) is 1.39. The van der Waals surface area contributed by atoms with Crippen LogP contribution in [0.2, 0.25) is 0 Å². The molecule has 0 fully saturated rings. The second-order valence-electron chi connectivity index (χ2n) is 3.45. The molecule has 0 aliphatic heterocycles. The van der Waals surface area contributed by atoms with Crippen molar-refractivity contribution in [3.8, 4) is 12.1 Å². The first-order valence-corrected chi connectivity index (χ1v) is 4.58. The molecule has 0 radical (unpaired) electrons. The molecule has 0 bridgehead atoms. The van der Waals surface area contributed by atoms with Gasteiger partial charge in [0.2, 0.25) is 0 Å². The van der Waals surface area contributed by atoms with Crippen molar-refractivity contribution in [2.75, 3.05) is 11.5 Å². The Hall–Kier alpha value is -2.72. The fraction of sp³-hybridized carbons (Fsp3) is 0. The van der Waals surface area contributed by atoms with Gasteiger partial charge in [-0.05, 0) is 35.0 Å². The standard InChI is InChI=1S/C12H8N4/c13-5-9-1-7-3-11(15)12(16)4-8(7)2-10(9)6-14/h1-4H,15-16H2. The van der Waals surface area contributed by atoms with E-state index in [0.29, 0.717) is 22.5 Å². The van der Waals surface area contributed by atoms with Crippen LogP contribution in [-0.4, -0.2) is 0 Å². The maximum absolute atomic E-state index is 8.88. The zero-order valence-electron chi connectivity index (χ0n) is 8.36. The first kappa shape index (κ1) is 9.82. The van der Waals surface area contributed by atoms with Gasteiger partial charge in [0.15, 0.2) is 0 Å². The van der Waals surface area contributed by atoms with E-state index < -0.39 is 0 Å². The Morgan fingerprint density at radius 2 is 1.12 bits per heavy atom. The first-order valence-electron chi connectivity index (χ1n) is 4.58. The van der Waals surface area contributed by atoms with Gasteiger partial charge in [0.1, 0.15) is 12.1 Å². The van der Waals surface area contributed by atoms with Gasteiger partial charge in [0.25, 0.3) is 0 Å². The summed E-state index contributed by atoms with van der Waals surface area (Å²) in [6.45, 7) is 0. The summed E-state index contributed by atoms with van der Waals surface area (Å²) < 4.78 is 0. The summed E-state index contributed by atoms with van der Waals surface area (Å²) in [6, 6.07) is 10.6. The molecular formula is C12H8N4. The van der Waals surface area contributed by atoms with Gasteiger partial charge in [-0.3, -0.25) is 0 Å². The minimum atomic E-state index is 0.346. The highest BCUT2D eigenvalue weighted by atomic mass is 14.7. The summed E-state index contributed by atoms with van der Waals surface area (Å²) in [7, 11) is 0. The number of hydrogen-bond donors (Lipinski definition) is 2. The molecule has 4 heteroatoms. The Morgan fingerprint density at radius 3 is 1.44 bits per heavy atom. The minimum Gasteiger partial charge on any atom is -0.397 e. The topological polar surface area (TPSA) is 99.6 Å². The summed E-state index contributed by atoms with van der Waals surface area (Å²) >= 11 is 0. The highest BCUT2D eigenvalue weighted by Crippen LogP contribution is 2.26. The van der Waals surface area contributed by atoms with E-state index in [0.717, 1.165) is 10.8 Å². The lowest BCUT2D eigenvalue weighted by molar-refractivity contribution is 1.45. The molecule has 0 aliphatic rings. The summed E-state index contributed by atoms with van der Waals surface area (Å²) in [5.41, 5.74) is 13.0. The van der Waals surface area contributed by atoms with Gasteiger partial charge in [0, 0.05) is 0 Å². The first-order chi connectivity index (χ1) is 7.65. The summed E-state index contributed by atoms with van der Waals surface area (Å²) in [5, 5.41) is 19.4. The fourth-order valence-electron chi connectivity index (χ4n) is 1.57. The fourth-order valence-corrected chi connectivity index (χ4v) is 1.57. The van der Waals surface area contributed by atoms with E-state index in [4.69, 9.17) is 22.0 Å². The van der Waals surface area contributed by atoms with Gasteiger partial charge >= 0.3 is 0 Å². The predicted octanol–water partition coefficient (Wildman–Crippen LogP) is 1.75. The van der Waals surface area contributed by atoms with E-state index in [1.807, 2.05) is 12.1 Å². The molecule has 0 aliphatic carbocycles. The second-order valence-corrected chi connectivity index (χ2v) is 3.45. The van der Waals surface area contributed by atoms with Crippen molar-refractivity contribution in [3.63, 3.8) is 0 Å². The maximum atomic E-state index is 8.88. The smallest absolute Gasteiger partial charge is 0.101 e. The molecule has 2 rings (SSSR count). The normalized spacial score (nSPS) is 9.62. The number of anilines is 2. The average Bonchev–Trinajstić information content (AvgIpc) is 2.29. The third-order valence-corrected chi connectivity index (χ3v) is 2.42. The summed E-state index contributed by atoms with van der Waals surface area (Å²) in [5.74, 6) is 0. The van der Waals surface area contributed by atoms with Crippen molar-refractivity contribution < 1.29 is 0 Å². The third-order valence-electron chi connectivity index (χ3n) is 2.42. The van der Waals surface area contributed by atoms with Crippen molar-refractivity contribution in [1.29, 1.82) is 10.5 Å². The molecule has 16 heavy (non-hydrogen) atoms. The average molecular weight is 208 g/mol. The SMILES string of the molecule is N#Cc1cc2cc(N)c(N)cc2cc1C#N. The maximum Gasteiger partial charge on any atom is 0.101 e. The van der Waals surface area contributed by atoms with Crippen LogP contribution < -0.4 is 11.5 Å². The zero-order valence-corrected chi connectivity index (χ0v) is 8.36. The number of nitriles is 2. The van der Waals surface area contributed by atoms with Gasteiger partial charge in [0.05, 0.1) is 22.5 Å². The van der Waals surface area contributed by atoms with Crippen molar-refractivity contribution in [2.45, 2.75) is 0 Å². The highest BCUT2D eigenvalue weighted by Gasteiger charge is 2.05. The minimum absolute atomic E-state index is 0.346. The number of rotatable bonds is 0. The molecule has 2 aromatic rings. The molecule has 76 valence electrons. The molecule has 4 N–H and O–H groups in total.